The largest absolute Gasteiger partial charge is 0.247 e. The fourth-order valence-corrected chi connectivity index (χ4v) is 5.60. The minimum atomic E-state index is -2.91. The quantitative estimate of drug-likeness (QED) is 0.524. The Kier molecular flexibility index (Phi) is 6.07. The number of hydrogen-bond donors (Lipinski definition) is 0. The molecule has 0 aliphatic heterocycles. The summed E-state index contributed by atoms with van der Waals surface area (Å²) in [7, 11) is 0. The van der Waals surface area contributed by atoms with E-state index in [4.69, 9.17) is 0 Å². The van der Waals surface area contributed by atoms with E-state index in [-0.39, 0.29) is 24.7 Å². The van der Waals surface area contributed by atoms with E-state index >= 15 is 0 Å². The molecule has 0 N–H and O–H groups in total. The first-order valence-electron chi connectivity index (χ1n) is 9.66. The van der Waals surface area contributed by atoms with Crippen molar-refractivity contribution >= 4 is 0 Å². The predicted octanol–water partition coefficient (Wildman–Crippen LogP) is 6.29. The fraction of sp³-hybridized carbons (Fsp3) is 1.00. The van der Waals surface area contributed by atoms with Gasteiger partial charge < -0.3 is 0 Å². The van der Waals surface area contributed by atoms with Crippen LogP contribution in [-0.2, 0) is 0 Å². The van der Waals surface area contributed by atoms with Gasteiger partial charge in [0.05, 0.1) is 5.92 Å². The summed E-state index contributed by atoms with van der Waals surface area (Å²) in [5.74, 6) is -0.583. The lowest BCUT2D eigenvalue weighted by Gasteiger charge is -2.42. The van der Waals surface area contributed by atoms with Gasteiger partial charge in [-0.25, -0.2) is 22.0 Å². The van der Waals surface area contributed by atoms with Crippen LogP contribution in [0.5, 0.6) is 0 Å². The summed E-state index contributed by atoms with van der Waals surface area (Å²) in [6.45, 7) is 0. The van der Waals surface area contributed by atoms with Crippen LogP contribution in [0.2, 0.25) is 0 Å². The molecule has 3 rings (SSSR count). The molecular weight excluding hydrogens is 323 g/mol. The van der Waals surface area contributed by atoms with Gasteiger partial charge in [-0.15, -0.1) is 0 Å². The maximum Gasteiger partial charge on any atom is 0.247 e. The van der Waals surface area contributed by atoms with Crippen molar-refractivity contribution in [2.24, 2.45) is 29.6 Å². The summed E-state index contributed by atoms with van der Waals surface area (Å²) in [5.41, 5.74) is 0. The zero-order valence-electron chi connectivity index (χ0n) is 14.2. The summed E-state index contributed by atoms with van der Waals surface area (Å²) in [6, 6.07) is 0. The molecule has 0 bridgehead atoms. The Morgan fingerprint density at radius 1 is 0.583 bits per heavy atom. The van der Waals surface area contributed by atoms with Crippen molar-refractivity contribution in [1.29, 1.82) is 0 Å². The van der Waals surface area contributed by atoms with Crippen LogP contribution in [0.3, 0.4) is 0 Å². The van der Waals surface area contributed by atoms with Crippen LogP contribution in [-0.4, -0.2) is 24.9 Å². The van der Waals surface area contributed by atoms with Crippen LogP contribution in [0.25, 0.3) is 0 Å². The highest BCUT2D eigenvalue weighted by Gasteiger charge is 2.46. The maximum atomic E-state index is 14.0. The maximum absolute atomic E-state index is 14.0. The molecule has 3 aliphatic rings. The van der Waals surface area contributed by atoms with Crippen molar-refractivity contribution in [2.75, 3.05) is 0 Å². The summed E-state index contributed by atoms with van der Waals surface area (Å²) < 4.78 is 67.1. The monoisotopic (exact) mass is 352 g/mol. The van der Waals surface area contributed by atoms with E-state index in [1.54, 1.807) is 0 Å². The Morgan fingerprint density at radius 2 is 1.12 bits per heavy atom. The van der Waals surface area contributed by atoms with Gasteiger partial charge in [-0.2, -0.15) is 0 Å². The van der Waals surface area contributed by atoms with E-state index in [0.717, 1.165) is 38.5 Å². The van der Waals surface area contributed by atoms with Crippen molar-refractivity contribution in [2.45, 2.75) is 89.1 Å². The van der Waals surface area contributed by atoms with Crippen LogP contribution < -0.4 is 0 Å². The van der Waals surface area contributed by atoms with Gasteiger partial charge in [-0.1, -0.05) is 6.42 Å². The molecule has 5 heteroatoms. The minimum Gasteiger partial charge on any atom is -0.247 e. The van der Waals surface area contributed by atoms with Crippen LogP contribution in [0.15, 0.2) is 0 Å². The molecule has 0 spiro atoms. The van der Waals surface area contributed by atoms with E-state index in [1.165, 1.54) is 0 Å². The molecule has 24 heavy (non-hydrogen) atoms. The fourth-order valence-electron chi connectivity index (χ4n) is 5.60. The van der Waals surface area contributed by atoms with E-state index in [9.17, 15) is 22.0 Å². The third-order valence-electron chi connectivity index (χ3n) is 6.98. The Bertz CT molecular complexity index is 381. The number of rotatable bonds is 3. The topological polar surface area (TPSA) is 0 Å². The van der Waals surface area contributed by atoms with Gasteiger partial charge in [0.15, 0.2) is 0 Å². The van der Waals surface area contributed by atoms with Crippen molar-refractivity contribution in [3.05, 3.63) is 0 Å². The lowest BCUT2D eigenvalue weighted by molar-refractivity contribution is -0.0646. The van der Waals surface area contributed by atoms with Gasteiger partial charge in [-0.3, -0.25) is 0 Å². The van der Waals surface area contributed by atoms with Crippen molar-refractivity contribution in [1.82, 2.24) is 0 Å². The van der Waals surface area contributed by atoms with E-state index < -0.39 is 30.9 Å². The van der Waals surface area contributed by atoms with Crippen molar-refractivity contribution < 1.29 is 22.0 Å². The number of hydrogen-bond acceptors (Lipinski definition) is 0. The van der Waals surface area contributed by atoms with Gasteiger partial charge >= 0.3 is 0 Å². The van der Waals surface area contributed by atoms with Crippen LogP contribution >= 0.6 is 0 Å². The Hall–Kier alpha value is -0.350. The molecule has 4 unspecified atom stereocenters. The summed E-state index contributed by atoms with van der Waals surface area (Å²) in [5, 5.41) is 0. The summed E-state index contributed by atoms with van der Waals surface area (Å²) in [6.07, 6.45) is 0.440. The van der Waals surface area contributed by atoms with Gasteiger partial charge in [0.25, 0.3) is 0 Å². The third-order valence-corrected chi connectivity index (χ3v) is 6.98. The summed E-state index contributed by atoms with van der Waals surface area (Å²) >= 11 is 0. The van der Waals surface area contributed by atoms with Crippen LogP contribution in [0.1, 0.15) is 64.2 Å². The van der Waals surface area contributed by atoms with Gasteiger partial charge in [0.1, 0.15) is 18.5 Å². The highest BCUT2D eigenvalue weighted by Crippen LogP contribution is 2.47. The van der Waals surface area contributed by atoms with Crippen LogP contribution in [0, 0.1) is 29.6 Å². The predicted molar refractivity (Wildman–Crippen MR) is 84.3 cm³/mol. The third kappa shape index (κ3) is 4.07. The molecule has 140 valence electrons. The molecule has 3 saturated carbocycles. The minimum absolute atomic E-state index is 0.0841. The highest BCUT2D eigenvalue weighted by molar-refractivity contribution is 4.92. The molecule has 4 atom stereocenters. The second-order valence-corrected chi connectivity index (χ2v) is 8.37. The first-order valence-corrected chi connectivity index (χ1v) is 9.66. The number of halogens is 5. The smallest absolute Gasteiger partial charge is 0.247 e. The normalized spacial score (nSPS) is 47.8. The Morgan fingerprint density at radius 3 is 1.62 bits per heavy atom. The molecular formula is C19H29F5. The average Bonchev–Trinajstić information content (AvgIpc) is 2.54. The number of alkyl halides is 5. The highest BCUT2D eigenvalue weighted by atomic mass is 19.3. The van der Waals surface area contributed by atoms with Crippen molar-refractivity contribution in [3.8, 4) is 0 Å². The standard InChI is InChI=1S/C19H29F5/c20-15-3-1-2-13(8-15)11-4-6-12(7-5-11)14-9-16(21)18(19(23)24)17(22)10-14/h11-19H,1-10H2. The molecule has 0 aromatic rings. The van der Waals surface area contributed by atoms with E-state index in [1.807, 2.05) is 0 Å². The molecule has 3 fully saturated rings. The van der Waals surface area contributed by atoms with Gasteiger partial charge in [-0.05, 0) is 81.5 Å². The molecule has 0 amide bonds. The van der Waals surface area contributed by atoms with Gasteiger partial charge in [0.2, 0.25) is 6.43 Å². The van der Waals surface area contributed by atoms with E-state index in [0.29, 0.717) is 24.7 Å². The molecule has 0 saturated heterocycles. The molecule has 3 aliphatic carbocycles. The lowest BCUT2D eigenvalue weighted by atomic mass is 9.65. The zero-order valence-corrected chi connectivity index (χ0v) is 14.2. The van der Waals surface area contributed by atoms with Gasteiger partial charge in [0, 0.05) is 0 Å². The van der Waals surface area contributed by atoms with Crippen LogP contribution in [0.4, 0.5) is 22.0 Å². The second-order valence-electron chi connectivity index (χ2n) is 8.37. The Labute approximate surface area is 141 Å². The zero-order chi connectivity index (χ0) is 17.3. The molecule has 0 aromatic heterocycles. The molecule has 0 nitrogen and oxygen atoms in total. The average molecular weight is 352 g/mol. The van der Waals surface area contributed by atoms with E-state index in [2.05, 4.69) is 0 Å². The lowest BCUT2D eigenvalue weighted by Crippen LogP contribution is -2.42. The molecule has 0 heterocycles. The summed E-state index contributed by atoms with van der Waals surface area (Å²) in [4.78, 5) is 0. The molecule has 0 aromatic carbocycles. The van der Waals surface area contributed by atoms with Crippen molar-refractivity contribution in [3.63, 3.8) is 0 Å². The second kappa shape index (κ2) is 7.90. The SMILES string of the molecule is FC1CCCC(C2CCC(C3CC(F)C(C(F)F)C(F)C3)CC2)C1. The first kappa shape index (κ1) is 18.4. The Balaban J connectivity index is 1.50. The first-order chi connectivity index (χ1) is 11.5. The molecule has 0 radical (unpaired) electrons.